The topological polar surface area (TPSA) is 41.4 Å². The summed E-state index contributed by atoms with van der Waals surface area (Å²) < 4.78 is 1.62. The third-order valence-electron chi connectivity index (χ3n) is 5.10. The number of aromatic nitrogens is 2. The standard InChI is InChI=1S/C21H24N4O/c1-17-19-9-5-6-10-20(19)21(26)25(22-17)16-24-13-11-23(12-14-24)15-18-7-3-2-4-8-18/h2-10H,11-16H2,1H3. The van der Waals surface area contributed by atoms with E-state index in [9.17, 15) is 4.79 Å². The van der Waals surface area contributed by atoms with Crippen LogP contribution in [0.2, 0.25) is 0 Å². The Morgan fingerprint density at radius 1 is 0.846 bits per heavy atom. The van der Waals surface area contributed by atoms with Crippen LogP contribution in [0.25, 0.3) is 10.8 Å². The molecular weight excluding hydrogens is 324 g/mol. The first-order valence-corrected chi connectivity index (χ1v) is 9.16. The zero-order chi connectivity index (χ0) is 17.9. The highest BCUT2D eigenvalue weighted by atomic mass is 16.1. The van der Waals surface area contributed by atoms with E-state index in [2.05, 4.69) is 45.2 Å². The Balaban J connectivity index is 1.42. The lowest BCUT2D eigenvalue weighted by Crippen LogP contribution is -2.47. The molecule has 1 aromatic heterocycles. The number of piperazine rings is 1. The van der Waals surface area contributed by atoms with E-state index in [4.69, 9.17) is 0 Å². The second kappa shape index (κ2) is 7.40. The number of aryl methyl sites for hydroxylation is 1. The second-order valence-electron chi connectivity index (χ2n) is 6.96. The van der Waals surface area contributed by atoms with Crippen LogP contribution in [-0.4, -0.2) is 45.8 Å². The van der Waals surface area contributed by atoms with Crippen LogP contribution in [-0.2, 0) is 13.2 Å². The van der Waals surface area contributed by atoms with Gasteiger partial charge in [-0.2, -0.15) is 5.10 Å². The first kappa shape index (κ1) is 16.9. The van der Waals surface area contributed by atoms with Crippen LogP contribution in [0.3, 0.4) is 0 Å². The van der Waals surface area contributed by atoms with Crippen molar-refractivity contribution in [1.82, 2.24) is 19.6 Å². The van der Waals surface area contributed by atoms with Gasteiger partial charge in [0.25, 0.3) is 5.56 Å². The lowest BCUT2D eigenvalue weighted by molar-refractivity contribution is 0.0970. The molecule has 3 aromatic rings. The van der Waals surface area contributed by atoms with E-state index in [1.165, 1.54) is 5.56 Å². The summed E-state index contributed by atoms with van der Waals surface area (Å²) in [6.07, 6.45) is 0. The zero-order valence-corrected chi connectivity index (χ0v) is 15.1. The van der Waals surface area contributed by atoms with Gasteiger partial charge in [-0.05, 0) is 18.6 Å². The summed E-state index contributed by atoms with van der Waals surface area (Å²) in [6, 6.07) is 18.3. The zero-order valence-electron chi connectivity index (χ0n) is 15.1. The van der Waals surface area contributed by atoms with Crippen LogP contribution in [0.5, 0.6) is 0 Å². The molecule has 0 saturated carbocycles. The summed E-state index contributed by atoms with van der Waals surface area (Å²) in [5.74, 6) is 0. The van der Waals surface area contributed by atoms with Gasteiger partial charge in [-0.1, -0.05) is 48.5 Å². The highest BCUT2D eigenvalue weighted by Crippen LogP contribution is 2.13. The Kier molecular flexibility index (Phi) is 4.82. The predicted molar refractivity (Wildman–Crippen MR) is 104 cm³/mol. The van der Waals surface area contributed by atoms with E-state index in [1.54, 1.807) is 4.68 Å². The first-order chi connectivity index (χ1) is 12.7. The monoisotopic (exact) mass is 348 g/mol. The molecule has 1 aliphatic rings. The molecule has 0 aliphatic carbocycles. The predicted octanol–water partition coefficient (Wildman–Crippen LogP) is 2.48. The number of fused-ring (bicyclic) bond motifs is 1. The van der Waals surface area contributed by atoms with Gasteiger partial charge in [-0.25, -0.2) is 4.68 Å². The first-order valence-electron chi connectivity index (χ1n) is 9.16. The third kappa shape index (κ3) is 3.54. The lowest BCUT2D eigenvalue weighted by Gasteiger charge is -2.34. The van der Waals surface area contributed by atoms with Crippen LogP contribution < -0.4 is 5.56 Å². The Labute approximate surface area is 153 Å². The second-order valence-corrected chi connectivity index (χ2v) is 6.96. The molecule has 2 aromatic carbocycles. The minimum Gasteiger partial charge on any atom is -0.297 e. The molecular formula is C21H24N4O. The summed E-state index contributed by atoms with van der Waals surface area (Å²) in [4.78, 5) is 17.5. The third-order valence-corrected chi connectivity index (χ3v) is 5.10. The number of rotatable bonds is 4. The van der Waals surface area contributed by atoms with Crippen molar-refractivity contribution in [3.8, 4) is 0 Å². The lowest BCUT2D eigenvalue weighted by atomic mass is 10.1. The number of benzene rings is 2. The fraction of sp³-hybridized carbons (Fsp3) is 0.333. The fourth-order valence-electron chi connectivity index (χ4n) is 3.62. The Morgan fingerprint density at radius 2 is 1.46 bits per heavy atom. The van der Waals surface area contributed by atoms with Gasteiger partial charge in [0.2, 0.25) is 0 Å². The molecule has 0 spiro atoms. The van der Waals surface area contributed by atoms with Crippen LogP contribution >= 0.6 is 0 Å². The molecule has 4 rings (SSSR count). The summed E-state index contributed by atoms with van der Waals surface area (Å²) >= 11 is 0. The maximum absolute atomic E-state index is 12.7. The minimum atomic E-state index is -0.00193. The molecule has 26 heavy (non-hydrogen) atoms. The molecule has 0 radical (unpaired) electrons. The van der Waals surface area contributed by atoms with Crippen LogP contribution in [0, 0.1) is 6.92 Å². The van der Waals surface area contributed by atoms with E-state index in [-0.39, 0.29) is 5.56 Å². The maximum atomic E-state index is 12.7. The molecule has 0 atom stereocenters. The van der Waals surface area contributed by atoms with Gasteiger partial charge in [0.15, 0.2) is 0 Å². The van der Waals surface area contributed by atoms with E-state index in [0.29, 0.717) is 6.67 Å². The molecule has 5 nitrogen and oxygen atoms in total. The van der Waals surface area contributed by atoms with Gasteiger partial charge < -0.3 is 0 Å². The number of nitrogens with zero attached hydrogens (tertiary/aromatic N) is 4. The number of hydrogen-bond donors (Lipinski definition) is 0. The molecule has 2 heterocycles. The maximum Gasteiger partial charge on any atom is 0.275 e. The SMILES string of the molecule is Cc1nn(CN2CCN(Cc3ccccc3)CC2)c(=O)c2ccccc12. The quantitative estimate of drug-likeness (QED) is 0.726. The molecule has 0 amide bonds. The Hall–Kier alpha value is -2.50. The highest BCUT2D eigenvalue weighted by molar-refractivity contribution is 5.83. The van der Waals surface area contributed by atoms with Crippen molar-refractivity contribution in [3.05, 3.63) is 76.2 Å². The summed E-state index contributed by atoms with van der Waals surface area (Å²) in [5, 5.41) is 6.23. The average molecular weight is 348 g/mol. The van der Waals surface area contributed by atoms with Crippen LogP contribution in [0.1, 0.15) is 11.3 Å². The minimum absolute atomic E-state index is 0.00193. The summed E-state index contributed by atoms with van der Waals surface area (Å²) in [7, 11) is 0. The van der Waals surface area contributed by atoms with Crippen molar-refractivity contribution in [2.45, 2.75) is 20.1 Å². The van der Waals surface area contributed by atoms with Gasteiger partial charge in [0.1, 0.15) is 0 Å². The highest BCUT2D eigenvalue weighted by Gasteiger charge is 2.18. The van der Waals surface area contributed by atoms with Crippen LogP contribution in [0.15, 0.2) is 59.4 Å². The Bertz CT molecular complexity index is 943. The molecule has 5 heteroatoms. The molecule has 1 fully saturated rings. The van der Waals surface area contributed by atoms with Crippen molar-refractivity contribution in [2.75, 3.05) is 26.2 Å². The molecule has 0 N–H and O–H groups in total. The van der Waals surface area contributed by atoms with Gasteiger partial charge in [0, 0.05) is 38.1 Å². The van der Waals surface area contributed by atoms with E-state index in [0.717, 1.165) is 49.2 Å². The van der Waals surface area contributed by atoms with Crippen molar-refractivity contribution in [1.29, 1.82) is 0 Å². The average Bonchev–Trinajstić information content (AvgIpc) is 2.68. The molecule has 134 valence electrons. The molecule has 1 saturated heterocycles. The van der Waals surface area contributed by atoms with Crippen molar-refractivity contribution < 1.29 is 0 Å². The van der Waals surface area contributed by atoms with Gasteiger partial charge in [-0.3, -0.25) is 14.6 Å². The normalized spacial score (nSPS) is 16.2. The van der Waals surface area contributed by atoms with Gasteiger partial charge >= 0.3 is 0 Å². The van der Waals surface area contributed by atoms with Crippen molar-refractivity contribution >= 4 is 10.8 Å². The number of hydrogen-bond acceptors (Lipinski definition) is 4. The van der Waals surface area contributed by atoms with Crippen molar-refractivity contribution in [3.63, 3.8) is 0 Å². The van der Waals surface area contributed by atoms with E-state index >= 15 is 0 Å². The van der Waals surface area contributed by atoms with Gasteiger partial charge in [-0.15, -0.1) is 0 Å². The smallest absolute Gasteiger partial charge is 0.275 e. The van der Waals surface area contributed by atoms with E-state index < -0.39 is 0 Å². The van der Waals surface area contributed by atoms with E-state index in [1.807, 2.05) is 31.2 Å². The molecule has 1 aliphatic heterocycles. The summed E-state index contributed by atoms with van der Waals surface area (Å²) in [5.41, 5.74) is 2.25. The van der Waals surface area contributed by atoms with Crippen LogP contribution in [0.4, 0.5) is 0 Å². The Morgan fingerprint density at radius 3 is 2.19 bits per heavy atom. The van der Waals surface area contributed by atoms with Gasteiger partial charge in [0.05, 0.1) is 17.7 Å². The molecule has 0 bridgehead atoms. The van der Waals surface area contributed by atoms with Crippen molar-refractivity contribution in [2.24, 2.45) is 0 Å². The molecule has 0 unspecified atom stereocenters. The largest absolute Gasteiger partial charge is 0.297 e. The summed E-state index contributed by atoms with van der Waals surface area (Å²) in [6.45, 7) is 7.44. The fourth-order valence-corrected chi connectivity index (χ4v) is 3.62.